The molecule has 4 rings (SSSR count). The lowest BCUT2D eigenvalue weighted by Crippen LogP contribution is -2.29. The molecule has 0 amide bonds. The number of allylic oxidation sites excluding steroid dienone is 1. The first-order valence-electron chi connectivity index (χ1n) is 8.80. The Bertz CT molecular complexity index is 1260. The van der Waals surface area contributed by atoms with Gasteiger partial charge in [0, 0.05) is 11.3 Å². The van der Waals surface area contributed by atoms with Crippen LogP contribution in [0.2, 0.25) is 0 Å². The molecule has 0 saturated heterocycles. The van der Waals surface area contributed by atoms with Gasteiger partial charge in [-0.25, -0.2) is 0 Å². The summed E-state index contributed by atoms with van der Waals surface area (Å²) in [5.74, 6) is -1.17. The predicted molar refractivity (Wildman–Crippen MR) is 112 cm³/mol. The van der Waals surface area contributed by atoms with Crippen LogP contribution in [0.4, 0.5) is 10.8 Å². The Morgan fingerprint density at radius 1 is 1.07 bits per heavy atom. The summed E-state index contributed by atoms with van der Waals surface area (Å²) >= 11 is 1.22. The van der Waals surface area contributed by atoms with Crippen molar-refractivity contribution in [2.75, 3.05) is 5.32 Å². The van der Waals surface area contributed by atoms with Gasteiger partial charge in [-0.3, -0.25) is 9.59 Å². The topological polar surface area (TPSA) is 99.5 Å². The Balaban J connectivity index is 1.57. The highest BCUT2D eigenvalue weighted by Crippen LogP contribution is 2.32. The fraction of sp³-hybridized carbons (Fsp3) is 0.0455. The number of aliphatic carboxylic acids is 1. The molecule has 144 valence electrons. The van der Waals surface area contributed by atoms with E-state index in [9.17, 15) is 14.7 Å². The van der Waals surface area contributed by atoms with Gasteiger partial charge in [0.2, 0.25) is 5.88 Å². The number of nitrogens with one attached hydrogen (secondary N) is 1. The van der Waals surface area contributed by atoms with Gasteiger partial charge >= 0.3 is 5.97 Å². The minimum absolute atomic E-state index is 0.0410. The number of hydrogen-bond donors (Lipinski definition) is 3. The third kappa shape index (κ3) is 4.25. The molecule has 0 saturated carbocycles. The first-order chi connectivity index (χ1) is 14.0. The van der Waals surface area contributed by atoms with Crippen LogP contribution in [0.15, 0.2) is 54.1 Å². The lowest BCUT2D eigenvalue weighted by Gasteiger charge is -2.03. The Labute approximate surface area is 169 Å². The molecule has 1 aliphatic rings. The highest BCUT2D eigenvalue weighted by Gasteiger charge is 2.13. The van der Waals surface area contributed by atoms with Crippen molar-refractivity contribution in [3.05, 3.63) is 75.0 Å². The zero-order chi connectivity index (χ0) is 20.4. The number of carboxylic acid groups (broad SMARTS) is 1. The van der Waals surface area contributed by atoms with E-state index in [1.54, 1.807) is 42.5 Å². The molecule has 0 aliphatic heterocycles. The molecule has 0 fully saturated rings. The van der Waals surface area contributed by atoms with Crippen LogP contribution in [-0.4, -0.2) is 26.9 Å². The number of rotatable bonds is 5. The lowest BCUT2D eigenvalue weighted by atomic mass is 10.0. The largest absolute Gasteiger partial charge is 0.492 e. The van der Waals surface area contributed by atoms with E-state index >= 15 is 0 Å². The Morgan fingerprint density at radius 3 is 2.45 bits per heavy atom. The molecule has 0 bridgehead atoms. The van der Waals surface area contributed by atoms with Crippen LogP contribution in [0.3, 0.4) is 0 Å². The number of anilines is 2. The summed E-state index contributed by atoms with van der Waals surface area (Å²) in [5, 5.41) is 24.4. The minimum atomic E-state index is -0.887. The van der Waals surface area contributed by atoms with Gasteiger partial charge in [-0.05, 0) is 46.4 Å². The summed E-state index contributed by atoms with van der Waals surface area (Å²) in [6.07, 6.45) is 4.96. The van der Waals surface area contributed by atoms with Crippen molar-refractivity contribution < 1.29 is 19.8 Å². The number of benzene rings is 2. The van der Waals surface area contributed by atoms with Crippen LogP contribution >= 0.6 is 11.3 Å². The van der Waals surface area contributed by atoms with Crippen molar-refractivity contribution >= 4 is 52.1 Å². The quantitative estimate of drug-likeness (QED) is 0.565. The summed E-state index contributed by atoms with van der Waals surface area (Å²) in [5.41, 5.74) is 1.89. The zero-order valence-corrected chi connectivity index (χ0v) is 15.9. The van der Waals surface area contributed by atoms with E-state index in [1.807, 2.05) is 24.3 Å². The second kappa shape index (κ2) is 7.73. The van der Waals surface area contributed by atoms with E-state index < -0.39 is 5.97 Å². The minimum Gasteiger partial charge on any atom is -0.492 e. The third-order valence-corrected chi connectivity index (χ3v) is 5.27. The number of aromatic hydroxyl groups is 1. The molecule has 1 aliphatic carbocycles. The fourth-order valence-corrected chi connectivity index (χ4v) is 3.80. The highest BCUT2D eigenvalue weighted by atomic mass is 32.1. The number of nitrogens with zero attached hydrogens (tertiary/aromatic N) is 1. The summed E-state index contributed by atoms with van der Waals surface area (Å²) in [6.45, 7) is 0. The molecular formula is C22H16N2O4S. The molecule has 29 heavy (non-hydrogen) atoms. The van der Waals surface area contributed by atoms with Crippen LogP contribution in [0, 0.1) is 0 Å². The maximum Gasteiger partial charge on any atom is 0.307 e. The summed E-state index contributed by atoms with van der Waals surface area (Å²) in [6, 6.07) is 14.5. The van der Waals surface area contributed by atoms with Crippen molar-refractivity contribution in [1.82, 2.24) is 4.98 Å². The molecule has 3 N–H and O–H groups in total. The Morgan fingerprint density at radius 2 is 1.76 bits per heavy atom. The molecule has 2 aromatic carbocycles. The number of hydrogen-bond acceptors (Lipinski definition) is 6. The number of aromatic nitrogens is 1. The van der Waals surface area contributed by atoms with Crippen LogP contribution in [0.25, 0.3) is 18.2 Å². The summed E-state index contributed by atoms with van der Waals surface area (Å²) in [7, 11) is 0. The maximum absolute atomic E-state index is 12.4. The van der Waals surface area contributed by atoms with E-state index in [-0.39, 0.29) is 18.1 Å². The Hall–Kier alpha value is -3.71. The number of Topliss-reactive ketones (excluding diaryl/α,β-unsaturated/α-hetero) is 1. The fourth-order valence-electron chi connectivity index (χ4n) is 2.97. The molecule has 0 atom stereocenters. The number of carbonyl (C=O) groups excluding carboxylic acids is 1. The molecule has 7 heteroatoms. The van der Waals surface area contributed by atoms with E-state index in [1.165, 1.54) is 11.3 Å². The first-order valence-corrected chi connectivity index (χ1v) is 9.62. The number of ketones is 1. The van der Waals surface area contributed by atoms with E-state index in [0.717, 1.165) is 16.1 Å². The average molecular weight is 404 g/mol. The van der Waals surface area contributed by atoms with E-state index in [2.05, 4.69) is 10.3 Å². The van der Waals surface area contributed by atoms with Gasteiger partial charge in [0.05, 0.1) is 11.3 Å². The summed E-state index contributed by atoms with van der Waals surface area (Å²) < 4.78 is 0. The maximum atomic E-state index is 12.4. The highest BCUT2D eigenvalue weighted by molar-refractivity contribution is 7.16. The number of carbonyl (C=O) groups is 2. The van der Waals surface area contributed by atoms with E-state index in [4.69, 9.17) is 5.11 Å². The number of carboxylic acids is 1. The smallest absolute Gasteiger partial charge is 0.307 e. The summed E-state index contributed by atoms with van der Waals surface area (Å²) in [4.78, 5) is 27.7. The van der Waals surface area contributed by atoms with E-state index in [0.29, 0.717) is 21.1 Å². The lowest BCUT2D eigenvalue weighted by molar-refractivity contribution is -0.136. The molecule has 1 aromatic heterocycles. The van der Waals surface area contributed by atoms with Crippen LogP contribution < -0.4 is 15.8 Å². The zero-order valence-electron chi connectivity index (χ0n) is 15.1. The third-order valence-electron chi connectivity index (χ3n) is 4.36. The van der Waals surface area contributed by atoms with Crippen molar-refractivity contribution in [2.45, 2.75) is 6.42 Å². The molecule has 0 spiro atoms. The van der Waals surface area contributed by atoms with Crippen molar-refractivity contribution in [1.29, 1.82) is 0 Å². The standard InChI is InChI=1S/C22H16N2O4S/c25-18-11-15-4-2-1-3-14(15)10-16(18)12-19-21(28)24-22(29-19)23-17-7-5-13(6-8-17)9-20(26)27/h1-8,10-12,28H,9H2,(H,23,24)(H,26,27)/b16-12-. The average Bonchev–Trinajstić information content (AvgIpc) is 3.02. The normalized spacial score (nSPS) is 14.1. The Kier molecular flexibility index (Phi) is 4.97. The van der Waals surface area contributed by atoms with Crippen molar-refractivity contribution in [3.8, 4) is 5.88 Å². The second-order valence-corrected chi connectivity index (χ2v) is 7.51. The SMILES string of the molecule is O=C(O)Cc1ccc(Nc2nc(O)c(/C=C3/C=c4ccccc4=CC3=O)s2)cc1. The van der Waals surface area contributed by atoms with Gasteiger partial charge in [-0.1, -0.05) is 47.7 Å². The molecule has 6 nitrogen and oxygen atoms in total. The number of thiazole rings is 1. The molecular weight excluding hydrogens is 388 g/mol. The van der Waals surface area contributed by atoms with Gasteiger partial charge in [-0.2, -0.15) is 4.98 Å². The first kappa shape index (κ1) is 18.6. The van der Waals surface area contributed by atoms with Gasteiger partial charge in [-0.15, -0.1) is 0 Å². The van der Waals surface area contributed by atoms with Crippen LogP contribution in [-0.2, 0) is 16.0 Å². The molecule has 1 heterocycles. The van der Waals surface area contributed by atoms with Gasteiger partial charge in [0.1, 0.15) is 0 Å². The molecule has 0 radical (unpaired) electrons. The molecule has 3 aromatic rings. The van der Waals surface area contributed by atoms with Crippen LogP contribution in [0.5, 0.6) is 5.88 Å². The number of fused-ring (bicyclic) bond motifs is 1. The van der Waals surface area contributed by atoms with Gasteiger partial charge in [0.15, 0.2) is 10.9 Å². The van der Waals surface area contributed by atoms with Crippen molar-refractivity contribution in [3.63, 3.8) is 0 Å². The second-order valence-electron chi connectivity index (χ2n) is 6.48. The van der Waals surface area contributed by atoms with Gasteiger partial charge < -0.3 is 15.5 Å². The molecule has 0 unspecified atom stereocenters. The monoisotopic (exact) mass is 404 g/mol. The van der Waals surface area contributed by atoms with Crippen molar-refractivity contribution in [2.24, 2.45) is 0 Å². The van der Waals surface area contributed by atoms with Gasteiger partial charge in [0.25, 0.3) is 0 Å². The van der Waals surface area contributed by atoms with Crippen LogP contribution in [0.1, 0.15) is 10.4 Å². The predicted octanol–water partition coefficient (Wildman–Crippen LogP) is 2.45.